The maximum Gasteiger partial charge on any atom is 0.264 e. The lowest BCUT2D eigenvalue weighted by atomic mass is 10.2. The molecule has 2 aromatic rings. The van der Waals surface area contributed by atoms with Gasteiger partial charge < -0.3 is 5.11 Å². The van der Waals surface area contributed by atoms with Crippen LogP contribution in [0.5, 0.6) is 0 Å². The van der Waals surface area contributed by atoms with Crippen LogP contribution in [0.25, 0.3) is 0 Å². The van der Waals surface area contributed by atoms with E-state index in [1.807, 2.05) is 4.72 Å². The number of para-hydroxylation sites is 1. The monoisotopic (exact) mass is 377 g/mol. The van der Waals surface area contributed by atoms with Crippen molar-refractivity contribution in [2.75, 3.05) is 4.72 Å². The van der Waals surface area contributed by atoms with Crippen LogP contribution in [0.3, 0.4) is 0 Å². The number of benzene rings is 2. The van der Waals surface area contributed by atoms with Crippen molar-refractivity contribution < 1.29 is 22.3 Å². The second-order valence-corrected chi connectivity index (χ2v) is 6.63. The van der Waals surface area contributed by atoms with Crippen molar-refractivity contribution in [2.45, 2.75) is 11.5 Å². The van der Waals surface area contributed by atoms with Crippen LogP contribution in [0.4, 0.5) is 14.5 Å². The van der Waals surface area contributed by atoms with E-state index in [1.54, 1.807) is 0 Å². The smallest absolute Gasteiger partial charge is 0.264 e. The normalized spacial score (nSPS) is 11.4. The van der Waals surface area contributed by atoms with Gasteiger partial charge >= 0.3 is 0 Å². The summed E-state index contributed by atoms with van der Waals surface area (Å²) in [6.45, 7) is -0.413. The summed E-state index contributed by atoms with van der Waals surface area (Å²) in [6.07, 6.45) is 0. The lowest BCUT2D eigenvalue weighted by Crippen LogP contribution is -2.16. The van der Waals surface area contributed by atoms with Crippen molar-refractivity contribution in [3.63, 3.8) is 0 Å². The van der Waals surface area contributed by atoms with E-state index in [2.05, 4.69) is 15.9 Å². The van der Waals surface area contributed by atoms with E-state index in [4.69, 9.17) is 5.11 Å². The van der Waals surface area contributed by atoms with Crippen LogP contribution < -0.4 is 4.72 Å². The minimum absolute atomic E-state index is 0.193. The summed E-state index contributed by atoms with van der Waals surface area (Å²) < 4.78 is 53.9. The molecule has 2 N–H and O–H groups in total. The predicted octanol–water partition coefficient (Wildman–Crippen LogP) is 3.02. The molecule has 0 atom stereocenters. The highest BCUT2D eigenvalue weighted by Gasteiger charge is 2.22. The highest BCUT2D eigenvalue weighted by Crippen LogP contribution is 2.28. The van der Waals surface area contributed by atoms with Gasteiger partial charge in [-0.25, -0.2) is 17.2 Å². The van der Waals surface area contributed by atoms with Gasteiger partial charge in [0.25, 0.3) is 10.0 Å². The lowest BCUT2D eigenvalue weighted by Gasteiger charge is -2.11. The molecule has 4 nitrogen and oxygen atoms in total. The fourth-order valence-corrected chi connectivity index (χ4v) is 3.37. The van der Waals surface area contributed by atoms with Gasteiger partial charge in [-0.2, -0.15) is 0 Å². The van der Waals surface area contributed by atoms with Crippen LogP contribution in [0.15, 0.2) is 45.8 Å². The first kappa shape index (κ1) is 15.9. The number of hydrogen-bond donors (Lipinski definition) is 2. The van der Waals surface area contributed by atoms with Gasteiger partial charge in [0, 0.05) is 4.47 Å². The summed E-state index contributed by atoms with van der Waals surface area (Å²) in [4.78, 5) is -0.630. The van der Waals surface area contributed by atoms with Gasteiger partial charge in [-0.1, -0.05) is 12.1 Å². The molecule has 0 aliphatic heterocycles. The highest BCUT2D eigenvalue weighted by atomic mass is 79.9. The molecular weight excluding hydrogens is 368 g/mol. The van der Waals surface area contributed by atoms with Gasteiger partial charge in [-0.05, 0) is 45.8 Å². The Balaban J connectivity index is 2.44. The Morgan fingerprint density at radius 1 is 1.14 bits per heavy atom. The number of sulfonamides is 1. The molecule has 0 saturated heterocycles. The number of hydrogen-bond acceptors (Lipinski definition) is 3. The maximum absolute atomic E-state index is 13.8. The summed E-state index contributed by atoms with van der Waals surface area (Å²) in [5.74, 6) is -1.82. The quantitative estimate of drug-likeness (QED) is 0.860. The summed E-state index contributed by atoms with van der Waals surface area (Å²) in [7, 11) is -4.29. The van der Waals surface area contributed by atoms with Gasteiger partial charge in [-0.3, -0.25) is 4.72 Å². The van der Waals surface area contributed by atoms with Crippen molar-refractivity contribution in [1.29, 1.82) is 0 Å². The maximum atomic E-state index is 13.8. The Morgan fingerprint density at radius 3 is 2.43 bits per heavy atom. The molecular formula is C13H10BrF2NO3S. The SMILES string of the molecule is O=S(=O)(Nc1c(F)cccc1Br)c1ccc(CO)cc1F. The molecule has 0 radical (unpaired) electrons. The first-order chi connectivity index (χ1) is 9.85. The molecule has 0 aliphatic carbocycles. The fourth-order valence-electron chi connectivity index (χ4n) is 1.65. The van der Waals surface area contributed by atoms with Crippen LogP contribution in [-0.2, 0) is 16.6 Å². The Kier molecular flexibility index (Phi) is 4.60. The summed E-state index contributed by atoms with van der Waals surface area (Å²) in [6, 6.07) is 7.12. The van der Waals surface area contributed by atoms with Crippen molar-refractivity contribution in [3.8, 4) is 0 Å². The molecule has 2 aromatic carbocycles. The van der Waals surface area contributed by atoms with Gasteiger partial charge in [-0.15, -0.1) is 0 Å². The Labute approximate surface area is 128 Å². The third kappa shape index (κ3) is 3.39. The van der Waals surface area contributed by atoms with E-state index in [-0.39, 0.29) is 15.7 Å². The zero-order valence-corrected chi connectivity index (χ0v) is 12.9. The highest BCUT2D eigenvalue weighted by molar-refractivity contribution is 9.10. The number of anilines is 1. The topological polar surface area (TPSA) is 66.4 Å². The Morgan fingerprint density at radius 2 is 1.86 bits per heavy atom. The summed E-state index contributed by atoms with van der Waals surface area (Å²) in [5, 5.41) is 8.88. The van der Waals surface area contributed by atoms with Gasteiger partial charge in [0.2, 0.25) is 0 Å². The molecule has 0 unspecified atom stereocenters. The molecule has 0 aliphatic rings. The molecule has 0 heterocycles. The zero-order chi connectivity index (χ0) is 15.6. The molecule has 0 saturated carbocycles. The van der Waals surface area contributed by atoms with E-state index < -0.39 is 33.2 Å². The molecule has 2 rings (SSSR count). The van der Waals surface area contributed by atoms with Gasteiger partial charge in [0.1, 0.15) is 16.5 Å². The second kappa shape index (κ2) is 6.08. The fraction of sp³-hybridized carbons (Fsp3) is 0.0769. The van der Waals surface area contributed by atoms with Crippen molar-refractivity contribution in [1.82, 2.24) is 0 Å². The van der Waals surface area contributed by atoms with Crippen LogP contribution in [-0.4, -0.2) is 13.5 Å². The van der Waals surface area contributed by atoms with Crippen LogP contribution >= 0.6 is 15.9 Å². The van der Waals surface area contributed by atoms with E-state index in [0.29, 0.717) is 0 Å². The lowest BCUT2D eigenvalue weighted by molar-refractivity contribution is 0.281. The molecule has 0 spiro atoms. The number of halogens is 3. The van der Waals surface area contributed by atoms with Crippen LogP contribution in [0, 0.1) is 11.6 Å². The van der Waals surface area contributed by atoms with Crippen molar-refractivity contribution in [2.24, 2.45) is 0 Å². The second-order valence-electron chi connectivity index (χ2n) is 4.13. The number of aliphatic hydroxyl groups is 1. The average Bonchev–Trinajstić information content (AvgIpc) is 2.42. The van der Waals surface area contributed by atoms with Crippen molar-refractivity contribution in [3.05, 3.63) is 58.1 Å². The molecule has 0 aromatic heterocycles. The van der Waals surface area contributed by atoms with E-state index in [0.717, 1.165) is 18.2 Å². The molecule has 8 heteroatoms. The third-order valence-corrected chi connectivity index (χ3v) is 4.71. The number of rotatable bonds is 4. The molecule has 112 valence electrons. The van der Waals surface area contributed by atoms with Crippen molar-refractivity contribution >= 4 is 31.6 Å². The predicted molar refractivity (Wildman–Crippen MR) is 77.2 cm³/mol. The van der Waals surface area contributed by atoms with Gasteiger partial charge in [0.15, 0.2) is 0 Å². The largest absolute Gasteiger partial charge is 0.392 e. The zero-order valence-electron chi connectivity index (χ0n) is 10.5. The minimum Gasteiger partial charge on any atom is -0.392 e. The van der Waals surface area contributed by atoms with Gasteiger partial charge in [0.05, 0.1) is 12.3 Å². The Hall–Kier alpha value is -1.51. The first-order valence-electron chi connectivity index (χ1n) is 5.71. The minimum atomic E-state index is -4.29. The Bertz CT molecular complexity index is 761. The summed E-state index contributed by atoms with van der Waals surface area (Å²) in [5.41, 5.74) is -0.0679. The molecule has 21 heavy (non-hydrogen) atoms. The summed E-state index contributed by atoms with van der Waals surface area (Å²) >= 11 is 3.02. The molecule has 0 bridgehead atoms. The number of aliphatic hydroxyl groups excluding tert-OH is 1. The third-order valence-electron chi connectivity index (χ3n) is 2.67. The standard InChI is InChI=1S/C13H10BrF2NO3S/c14-9-2-1-3-10(15)13(9)17-21(19,20)12-5-4-8(7-18)6-11(12)16/h1-6,17-18H,7H2. The van der Waals surface area contributed by atoms with E-state index in [1.165, 1.54) is 18.2 Å². The van der Waals surface area contributed by atoms with E-state index in [9.17, 15) is 17.2 Å². The molecule has 0 amide bonds. The average molecular weight is 378 g/mol. The van der Waals surface area contributed by atoms with E-state index >= 15 is 0 Å². The van der Waals surface area contributed by atoms with Crippen LogP contribution in [0.1, 0.15) is 5.56 Å². The molecule has 0 fully saturated rings. The van der Waals surface area contributed by atoms with Crippen LogP contribution in [0.2, 0.25) is 0 Å². The number of nitrogens with one attached hydrogen (secondary N) is 1. The first-order valence-corrected chi connectivity index (χ1v) is 7.99.